The lowest BCUT2D eigenvalue weighted by atomic mass is 10.3. The van der Waals surface area contributed by atoms with E-state index in [1.165, 1.54) is 6.07 Å². The lowest BCUT2D eigenvalue weighted by Crippen LogP contribution is -2.38. The molecule has 1 aliphatic heterocycles. The Bertz CT molecular complexity index is 510. The summed E-state index contributed by atoms with van der Waals surface area (Å²) in [7, 11) is 0. The van der Waals surface area contributed by atoms with Crippen LogP contribution in [-0.2, 0) is 16.1 Å². The van der Waals surface area contributed by atoms with Crippen LogP contribution in [-0.4, -0.2) is 60.2 Å². The third-order valence-corrected chi connectivity index (χ3v) is 2.96. The minimum absolute atomic E-state index is 0.135. The van der Waals surface area contributed by atoms with E-state index in [-0.39, 0.29) is 31.2 Å². The monoisotopic (exact) mass is 282 g/mol. The predicted octanol–water partition coefficient (Wildman–Crippen LogP) is -1.81. The summed E-state index contributed by atoms with van der Waals surface area (Å²) >= 11 is 0. The van der Waals surface area contributed by atoms with Crippen LogP contribution in [0.5, 0.6) is 0 Å². The van der Waals surface area contributed by atoms with Gasteiger partial charge in [0.25, 0.3) is 5.56 Å². The van der Waals surface area contributed by atoms with Crippen LogP contribution >= 0.6 is 0 Å². The average molecular weight is 282 g/mol. The van der Waals surface area contributed by atoms with E-state index >= 15 is 0 Å². The molecule has 110 valence electrons. The van der Waals surface area contributed by atoms with Crippen molar-refractivity contribution >= 4 is 11.6 Å². The second-order valence-corrected chi connectivity index (χ2v) is 4.38. The van der Waals surface area contributed by atoms with Gasteiger partial charge in [-0.05, 0) is 0 Å². The SMILES string of the molecule is O=C(Cn1ncc(N2CCOCC2)cc1=O)NCCO. The third-order valence-electron chi connectivity index (χ3n) is 2.96. The number of carbonyl (C=O) groups is 1. The van der Waals surface area contributed by atoms with Gasteiger partial charge in [-0.25, -0.2) is 4.68 Å². The first-order valence-electron chi connectivity index (χ1n) is 6.48. The Hall–Kier alpha value is -1.93. The summed E-state index contributed by atoms with van der Waals surface area (Å²) in [5.41, 5.74) is 0.415. The molecule has 20 heavy (non-hydrogen) atoms. The molecule has 0 saturated carbocycles. The standard InChI is InChI=1S/C12H18N4O4/c17-4-1-13-11(18)9-16-12(19)7-10(8-14-16)15-2-5-20-6-3-15/h7-8,17H,1-6,9H2,(H,13,18). The Morgan fingerprint density at radius 1 is 1.45 bits per heavy atom. The number of morpholine rings is 1. The van der Waals surface area contributed by atoms with E-state index in [4.69, 9.17) is 9.84 Å². The van der Waals surface area contributed by atoms with Crippen LogP contribution in [0.15, 0.2) is 17.1 Å². The van der Waals surface area contributed by atoms with Crippen LogP contribution in [0.1, 0.15) is 0 Å². The maximum Gasteiger partial charge on any atom is 0.269 e. The highest BCUT2D eigenvalue weighted by Crippen LogP contribution is 2.11. The van der Waals surface area contributed by atoms with Crippen molar-refractivity contribution in [2.75, 3.05) is 44.4 Å². The Kier molecular flexibility index (Phi) is 5.08. The molecule has 1 fully saturated rings. The summed E-state index contributed by atoms with van der Waals surface area (Å²) in [5, 5.41) is 15.1. The lowest BCUT2D eigenvalue weighted by molar-refractivity contribution is -0.122. The van der Waals surface area contributed by atoms with Gasteiger partial charge in [0.1, 0.15) is 6.54 Å². The van der Waals surface area contributed by atoms with E-state index in [0.717, 1.165) is 23.5 Å². The molecule has 1 amide bonds. The molecule has 1 aliphatic rings. The number of anilines is 1. The summed E-state index contributed by atoms with van der Waals surface area (Å²) in [4.78, 5) is 25.4. The van der Waals surface area contributed by atoms with Gasteiger partial charge in [-0.1, -0.05) is 0 Å². The highest BCUT2D eigenvalue weighted by Gasteiger charge is 2.13. The fraction of sp³-hybridized carbons (Fsp3) is 0.583. The first-order chi connectivity index (χ1) is 9.70. The number of ether oxygens (including phenoxy) is 1. The van der Waals surface area contributed by atoms with Crippen molar-refractivity contribution < 1.29 is 14.6 Å². The molecule has 8 nitrogen and oxygen atoms in total. The van der Waals surface area contributed by atoms with Gasteiger partial charge in [0.05, 0.1) is 31.7 Å². The zero-order chi connectivity index (χ0) is 14.4. The van der Waals surface area contributed by atoms with Gasteiger partial charge in [-0.2, -0.15) is 5.10 Å². The zero-order valence-electron chi connectivity index (χ0n) is 11.1. The molecule has 0 atom stereocenters. The van der Waals surface area contributed by atoms with Crippen LogP contribution in [0, 0.1) is 0 Å². The maximum atomic E-state index is 11.9. The first kappa shape index (κ1) is 14.5. The zero-order valence-corrected chi connectivity index (χ0v) is 11.1. The van der Waals surface area contributed by atoms with E-state index in [1.807, 2.05) is 4.90 Å². The van der Waals surface area contributed by atoms with Crippen molar-refractivity contribution in [3.8, 4) is 0 Å². The Morgan fingerprint density at radius 3 is 2.85 bits per heavy atom. The van der Waals surface area contributed by atoms with Crippen LogP contribution in [0.3, 0.4) is 0 Å². The number of aliphatic hydroxyl groups is 1. The molecule has 2 heterocycles. The number of nitrogens with one attached hydrogen (secondary N) is 1. The third kappa shape index (κ3) is 3.78. The highest BCUT2D eigenvalue weighted by molar-refractivity contribution is 5.75. The molecule has 0 bridgehead atoms. The first-order valence-corrected chi connectivity index (χ1v) is 6.48. The summed E-state index contributed by atoms with van der Waals surface area (Å²) in [6.45, 7) is 2.59. The number of hydrogen-bond donors (Lipinski definition) is 2. The molecule has 1 aromatic rings. The minimum Gasteiger partial charge on any atom is -0.395 e. The normalized spacial score (nSPS) is 15.2. The highest BCUT2D eigenvalue weighted by atomic mass is 16.5. The fourth-order valence-corrected chi connectivity index (χ4v) is 1.92. The van der Waals surface area contributed by atoms with Gasteiger partial charge < -0.3 is 20.1 Å². The lowest BCUT2D eigenvalue weighted by Gasteiger charge is -2.28. The van der Waals surface area contributed by atoms with Gasteiger partial charge in [0, 0.05) is 25.7 Å². The summed E-state index contributed by atoms with van der Waals surface area (Å²) < 4.78 is 6.34. The quantitative estimate of drug-likeness (QED) is 0.660. The van der Waals surface area contributed by atoms with E-state index in [1.54, 1.807) is 6.20 Å². The van der Waals surface area contributed by atoms with Gasteiger partial charge in [0.15, 0.2) is 0 Å². The smallest absolute Gasteiger partial charge is 0.269 e. The average Bonchev–Trinajstić information content (AvgIpc) is 2.48. The van der Waals surface area contributed by atoms with Gasteiger partial charge in [-0.15, -0.1) is 0 Å². The number of aromatic nitrogens is 2. The van der Waals surface area contributed by atoms with Crippen molar-refractivity contribution in [1.82, 2.24) is 15.1 Å². The summed E-state index contributed by atoms with van der Waals surface area (Å²) in [6.07, 6.45) is 1.58. The number of amides is 1. The van der Waals surface area contributed by atoms with Gasteiger partial charge >= 0.3 is 0 Å². The number of rotatable bonds is 5. The van der Waals surface area contributed by atoms with Crippen LogP contribution in [0.2, 0.25) is 0 Å². The molecule has 0 aromatic carbocycles. The van der Waals surface area contributed by atoms with Crippen LogP contribution in [0.4, 0.5) is 5.69 Å². The van der Waals surface area contributed by atoms with Crippen molar-refractivity contribution in [3.05, 3.63) is 22.6 Å². The molecule has 0 spiro atoms. The largest absolute Gasteiger partial charge is 0.395 e. The molecule has 2 rings (SSSR count). The molecular formula is C12H18N4O4. The molecule has 0 unspecified atom stereocenters. The van der Waals surface area contributed by atoms with Crippen LogP contribution in [0.25, 0.3) is 0 Å². The second kappa shape index (κ2) is 7.01. The van der Waals surface area contributed by atoms with Crippen LogP contribution < -0.4 is 15.8 Å². The molecular weight excluding hydrogens is 264 g/mol. The van der Waals surface area contributed by atoms with E-state index in [9.17, 15) is 9.59 Å². The molecule has 1 saturated heterocycles. The van der Waals surface area contributed by atoms with Crippen molar-refractivity contribution in [3.63, 3.8) is 0 Å². The number of aliphatic hydroxyl groups excluding tert-OH is 1. The van der Waals surface area contributed by atoms with Gasteiger partial charge in [0.2, 0.25) is 5.91 Å². The minimum atomic E-state index is -0.354. The van der Waals surface area contributed by atoms with Gasteiger partial charge in [-0.3, -0.25) is 9.59 Å². The molecule has 0 aliphatic carbocycles. The van der Waals surface area contributed by atoms with E-state index in [0.29, 0.717) is 13.2 Å². The second-order valence-electron chi connectivity index (χ2n) is 4.38. The van der Waals surface area contributed by atoms with E-state index < -0.39 is 0 Å². The number of nitrogens with zero attached hydrogens (tertiary/aromatic N) is 3. The van der Waals surface area contributed by atoms with Crippen molar-refractivity contribution in [2.24, 2.45) is 0 Å². The Morgan fingerprint density at radius 2 is 2.20 bits per heavy atom. The Balaban J connectivity index is 2.02. The Labute approximate surface area is 116 Å². The molecule has 1 aromatic heterocycles. The molecule has 0 radical (unpaired) electrons. The fourth-order valence-electron chi connectivity index (χ4n) is 1.92. The number of hydrogen-bond acceptors (Lipinski definition) is 6. The maximum absolute atomic E-state index is 11.9. The van der Waals surface area contributed by atoms with E-state index in [2.05, 4.69) is 10.4 Å². The molecule has 8 heteroatoms. The van der Waals surface area contributed by atoms with Crippen molar-refractivity contribution in [1.29, 1.82) is 0 Å². The van der Waals surface area contributed by atoms with Crippen molar-refractivity contribution in [2.45, 2.75) is 6.54 Å². The topological polar surface area (TPSA) is 96.7 Å². The molecule has 2 N–H and O–H groups in total. The summed E-state index contributed by atoms with van der Waals surface area (Å²) in [6, 6.07) is 1.47. The summed E-state index contributed by atoms with van der Waals surface area (Å²) in [5.74, 6) is -0.354. The predicted molar refractivity (Wildman–Crippen MR) is 71.6 cm³/mol. The number of carbonyl (C=O) groups excluding carboxylic acids is 1.